The Bertz CT molecular complexity index is 364. The van der Waals surface area contributed by atoms with E-state index in [2.05, 4.69) is 0 Å². The predicted octanol–water partition coefficient (Wildman–Crippen LogP) is 1.35. The van der Waals surface area contributed by atoms with E-state index in [0.29, 0.717) is 24.4 Å². The van der Waals surface area contributed by atoms with Crippen LogP contribution in [0.4, 0.5) is 5.69 Å². The van der Waals surface area contributed by atoms with Crippen LogP contribution in [0.2, 0.25) is 0 Å². The maximum atomic E-state index is 11.9. The Kier molecular flexibility index (Phi) is 2.60. The molecule has 4 nitrogen and oxygen atoms in total. The third kappa shape index (κ3) is 2.10. The minimum atomic E-state index is -0.108. The molecule has 4 heteroatoms. The van der Waals surface area contributed by atoms with Gasteiger partial charge in [-0.25, -0.2) is 5.06 Å². The summed E-state index contributed by atoms with van der Waals surface area (Å²) in [7, 11) is 0. The number of nitrogen functional groups attached to an aromatic ring is 1. The standard InChI is InChI=1S/C11H14N2O2/c1-8-5-9(7-10(12)6-8)11(14)13-3-2-4-15-13/h5-7H,2-4,12H2,1H3. The molecule has 1 heterocycles. The van der Waals surface area contributed by atoms with Crippen LogP contribution in [0.15, 0.2) is 18.2 Å². The van der Waals surface area contributed by atoms with Gasteiger partial charge in [-0.15, -0.1) is 0 Å². The van der Waals surface area contributed by atoms with E-state index >= 15 is 0 Å². The molecule has 0 saturated carbocycles. The molecule has 1 aliphatic rings. The Balaban J connectivity index is 2.24. The number of nitrogens with two attached hydrogens (primary N) is 1. The van der Waals surface area contributed by atoms with Gasteiger partial charge in [0.1, 0.15) is 0 Å². The van der Waals surface area contributed by atoms with Crippen LogP contribution < -0.4 is 5.73 Å². The van der Waals surface area contributed by atoms with Gasteiger partial charge in [0.05, 0.1) is 13.2 Å². The van der Waals surface area contributed by atoms with E-state index in [1.807, 2.05) is 19.1 Å². The van der Waals surface area contributed by atoms with Gasteiger partial charge in [0, 0.05) is 11.3 Å². The highest BCUT2D eigenvalue weighted by Gasteiger charge is 2.20. The quantitative estimate of drug-likeness (QED) is 0.706. The maximum absolute atomic E-state index is 11.9. The summed E-state index contributed by atoms with van der Waals surface area (Å²) in [6.07, 6.45) is 0.896. The minimum absolute atomic E-state index is 0.108. The van der Waals surface area contributed by atoms with Crippen LogP contribution in [0, 0.1) is 6.92 Å². The van der Waals surface area contributed by atoms with Crippen molar-refractivity contribution >= 4 is 11.6 Å². The molecule has 0 bridgehead atoms. The number of amides is 1. The zero-order valence-corrected chi connectivity index (χ0v) is 8.69. The summed E-state index contributed by atoms with van der Waals surface area (Å²) in [5, 5.41) is 1.40. The maximum Gasteiger partial charge on any atom is 0.277 e. The fraction of sp³-hybridized carbons (Fsp3) is 0.364. The Morgan fingerprint density at radius 1 is 1.47 bits per heavy atom. The van der Waals surface area contributed by atoms with Crippen LogP contribution in [0.1, 0.15) is 22.3 Å². The van der Waals surface area contributed by atoms with E-state index in [4.69, 9.17) is 10.6 Å². The second-order valence-corrected chi connectivity index (χ2v) is 3.73. The lowest BCUT2D eigenvalue weighted by atomic mass is 10.1. The van der Waals surface area contributed by atoms with E-state index in [-0.39, 0.29) is 5.91 Å². The summed E-state index contributed by atoms with van der Waals surface area (Å²) in [4.78, 5) is 17.1. The van der Waals surface area contributed by atoms with Crippen LogP contribution in [-0.2, 0) is 4.84 Å². The van der Waals surface area contributed by atoms with Crippen LogP contribution in [0.5, 0.6) is 0 Å². The van der Waals surface area contributed by atoms with Gasteiger partial charge in [-0.2, -0.15) is 0 Å². The Hall–Kier alpha value is -1.55. The molecule has 1 aromatic carbocycles. The van der Waals surface area contributed by atoms with Crippen molar-refractivity contribution in [1.29, 1.82) is 0 Å². The average Bonchev–Trinajstić information content (AvgIpc) is 2.67. The van der Waals surface area contributed by atoms with Gasteiger partial charge in [-0.3, -0.25) is 9.63 Å². The molecule has 80 valence electrons. The minimum Gasteiger partial charge on any atom is -0.399 e. The van der Waals surface area contributed by atoms with Crippen LogP contribution >= 0.6 is 0 Å². The van der Waals surface area contributed by atoms with Crippen molar-refractivity contribution in [1.82, 2.24) is 5.06 Å². The van der Waals surface area contributed by atoms with Crippen LogP contribution in [-0.4, -0.2) is 24.1 Å². The van der Waals surface area contributed by atoms with E-state index < -0.39 is 0 Å². The van der Waals surface area contributed by atoms with Crippen molar-refractivity contribution in [3.05, 3.63) is 29.3 Å². The van der Waals surface area contributed by atoms with Crippen molar-refractivity contribution in [2.75, 3.05) is 18.9 Å². The second kappa shape index (κ2) is 3.90. The first-order valence-electron chi connectivity index (χ1n) is 4.99. The van der Waals surface area contributed by atoms with Gasteiger partial charge in [0.2, 0.25) is 0 Å². The summed E-state index contributed by atoms with van der Waals surface area (Å²) in [6.45, 7) is 3.19. The molecule has 0 unspecified atom stereocenters. The summed E-state index contributed by atoms with van der Waals surface area (Å²) in [5.41, 5.74) is 7.87. The van der Waals surface area contributed by atoms with Crippen molar-refractivity contribution in [3.8, 4) is 0 Å². The molecule has 1 fully saturated rings. The zero-order chi connectivity index (χ0) is 10.8. The van der Waals surface area contributed by atoms with Gasteiger partial charge in [0.15, 0.2) is 0 Å². The lowest BCUT2D eigenvalue weighted by Gasteiger charge is -2.14. The highest BCUT2D eigenvalue weighted by atomic mass is 16.7. The van der Waals surface area contributed by atoms with Crippen molar-refractivity contribution in [2.45, 2.75) is 13.3 Å². The predicted molar refractivity (Wildman–Crippen MR) is 57.2 cm³/mol. The normalized spacial score (nSPS) is 15.7. The SMILES string of the molecule is Cc1cc(N)cc(C(=O)N2CCCO2)c1. The summed E-state index contributed by atoms with van der Waals surface area (Å²) in [5.74, 6) is -0.108. The van der Waals surface area contributed by atoms with E-state index in [1.165, 1.54) is 5.06 Å². The molecule has 0 radical (unpaired) electrons. The Labute approximate surface area is 88.6 Å². The molecule has 0 aromatic heterocycles. The third-order valence-electron chi connectivity index (χ3n) is 2.33. The molecule has 1 amide bonds. The van der Waals surface area contributed by atoms with Gasteiger partial charge in [-0.05, 0) is 37.1 Å². The largest absolute Gasteiger partial charge is 0.399 e. The summed E-state index contributed by atoms with van der Waals surface area (Å²) in [6, 6.07) is 5.33. The number of hydrogen-bond donors (Lipinski definition) is 1. The van der Waals surface area contributed by atoms with Gasteiger partial charge in [-0.1, -0.05) is 0 Å². The Morgan fingerprint density at radius 2 is 2.27 bits per heavy atom. The second-order valence-electron chi connectivity index (χ2n) is 3.73. The fourth-order valence-electron chi connectivity index (χ4n) is 1.69. The molecule has 0 spiro atoms. The molecule has 1 aliphatic heterocycles. The molecule has 2 rings (SSSR count). The van der Waals surface area contributed by atoms with Gasteiger partial charge >= 0.3 is 0 Å². The highest BCUT2D eigenvalue weighted by Crippen LogP contribution is 2.15. The number of carbonyl (C=O) groups excluding carboxylic acids is 1. The van der Waals surface area contributed by atoms with Crippen LogP contribution in [0.3, 0.4) is 0 Å². The summed E-state index contributed by atoms with van der Waals surface area (Å²) < 4.78 is 0. The fourth-order valence-corrected chi connectivity index (χ4v) is 1.69. The number of hydroxylamine groups is 2. The first kappa shape index (κ1) is 9.98. The topological polar surface area (TPSA) is 55.6 Å². The number of rotatable bonds is 1. The van der Waals surface area contributed by atoms with Crippen molar-refractivity contribution < 1.29 is 9.63 Å². The molecular weight excluding hydrogens is 192 g/mol. The molecule has 0 atom stereocenters. The van der Waals surface area contributed by atoms with Crippen molar-refractivity contribution in [2.24, 2.45) is 0 Å². The molecule has 0 aliphatic carbocycles. The lowest BCUT2D eigenvalue weighted by molar-refractivity contribution is -0.0768. The summed E-state index contributed by atoms with van der Waals surface area (Å²) >= 11 is 0. The van der Waals surface area contributed by atoms with E-state index in [0.717, 1.165) is 12.0 Å². The van der Waals surface area contributed by atoms with Gasteiger partial charge in [0.25, 0.3) is 5.91 Å². The molecule has 15 heavy (non-hydrogen) atoms. The molecule has 2 N–H and O–H groups in total. The molecule has 1 saturated heterocycles. The van der Waals surface area contributed by atoms with Gasteiger partial charge < -0.3 is 5.73 Å². The smallest absolute Gasteiger partial charge is 0.277 e. The Morgan fingerprint density at radius 3 is 2.87 bits per heavy atom. The third-order valence-corrected chi connectivity index (χ3v) is 2.33. The zero-order valence-electron chi connectivity index (χ0n) is 8.69. The lowest BCUT2D eigenvalue weighted by Crippen LogP contribution is -2.26. The van der Waals surface area contributed by atoms with Crippen molar-refractivity contribution in [3.63, 3.8) is 0 Å². The van der Waals surface area contributed by atoms with E-state index in [9.17, 15) is 4.79 Å². The van der Waals surface area contributed by atoms with E-state index in [1.54, 1.807) is 6.07 Å². The first-order chi connectivity index (χ1) is 7.16. The molecule has 1 aromatic rings. The number of aryl methyl sites for hydroxylation is 1. The number of anilines is 1. The average molecular weight is 206 g/mol. The number of carbonyl (C=O) groups is 1. The number of benzene rings is 1. The number of nitrogens with zero attached hydrogens (tertiary/aromatic N) is 1. The monoisotopic (exact) mass is 206 g/mol. The van der Waals surface area contributed by atoms with Crippen LogP contribution in [0.25, 0.3) is 0 Å². The number of hydrogen-bond acceptors (Lipinski definition) is 3. The highest BCUT2D eigenvalue weighted by molar-refractivity contribution is 5.94. The first-order valence-corrected chi connectivity index (χ1v) is 4.99. The molecular formula is C11H14N2O2.